The van der Waals surface area contributed by atoms with Crippen LogP contribution in [-0.4, -0.2) is 25.2 Å². The quantitative estimate of drug-likeness (QED) is 0.719. The van der Waals surface area contributed by atoms with Crippen LogP contribution in [0.1, 0.15) is 66.5 Å². The average Bonchev–Trinajstić information content (AvgIpc) is 2.51. The van der Waals surface area contributed by atoms with Crippen LogP contribution in [0.5, 0.6) is 0 Å². The van der Waals surface area contributed by atoms with Gasteiger partial charge in [-0.25, -0.2) is 9.59 Å². The normalized spacial score (nSPS) is 10.6. The van der Waals surface area contributed by atoms with Crippen LogP contribution >= 0.6 is 0 Å². The van der Waals surface area contributed by atoms with E-state index >= 15 is 0 Å². The highest BCUT2D eigenvalue weighted by molar-refractivity contribution is 6.03. The van der Waals surface area contributed by atoms with Gasteiger partial charge in [0.25, 0.3) is 0 Å². The zero-order valence-corrected chi connectivity index (χ0v) is 14.2. The van der Waals surface area contributed by atoms with E-state index < -0.39 is 11.9 Å². The van der Waals surface area contributed by atoms with Crippen LogP contribution in [-0.2, 0) is 22.3 Å². The highest BCUT2D eigenvalue weighted by atomic mass is 16.5. The Hall–Kier alpha value is -1.84. The zero-order chi connectivity index (χ0) is 16.7. The smallest absolute Gasteiger partial charge is 0.339 e. The number of hydrogen-bond donors (Lipinski definition) is 0. The van der Waals surface area contributed by atoms with Gasteiger partial charge in [-0.15, -0.1) is 0 Å². The summed E-state index contributed by atoms with van der Waals surface area (Å²) in [5.74, 6) is -0.694. The number of ether oxygens (including phenoxy) is 2. The Kier molecular flexibility index (Phi) is 7.09. The van der Waals surface area contributed by atoms with Crippen molar-refractivity contribution in [2.24, 2.45) is 5.92 Å². The monoisotopic (exact) mass is 306 g/mol. The molecule has 0 atom stereocenters. The Bertz CT molecular complexity index is 532. The van der Waals surface area contributed by atoms with Crippen LogP contribution in [0.3, 0.4) is 0 Å². The predicted octanol–water partition coefficient (Wildman–Crippen LogP) is 3.80. The molecule has 0 aliphatic rings. The first-order chi connectivity index (χ1) is 10.4. The molecule has 1 rings (SSSR count). The van der Waals surface area contributed by atoms with Crippen molar-refractivity contribution in [3.63, 3.8) is 0 Å². The number of esters is 2. The van der Waals surface area contributed by atoms with Crippen molar-refractivity contribution in [3.05, 3.63) is 34.4 Å². The Morgan fingerprint density at radius 1 is 0.909 bits per heavy atom. The van der Waals surface area contributed by atoms with Gasteiger partial charge >= 0.3 is 11.9 Å². The lowest BCUT2D eigenvalue weighted by molar-refractivity contribution is 0.0434. The molecule has 4 nitrogen and oxygen atoms in total. The van der Waals surface area contributed by atoms with Gasteiger partial charge in [-0.05, 0) is 48.9 Å². The molecule has 0 radical (unpaired) electrons. The lowest BCUT2D eigenvalue weighted by Crippen LogP contribution is -2.17. The summed E-state index contributed by atoms with van der Waals surface area (Å²) in [5.41, 5.74) is 2.72. The van der Waals surface area contributed by atoms with Crippen molar-refractivity contribution in [2.75, 3.05) is 13.2 Å². The topological polar surface area (TPSA) is 52.6 Å². The summed E-state index contributed by atoms with van der Waals surface area (Å²) in [6.07, 6.45) is 1.60. The molecular formula is C18H26O4. The van der Waals surface area contributed by atoms with Crippen LogP contribution < -0.4 is 0 Å². The van der Waals surface area contributed by atoms with E-state index in [1.54, 1.807) is 19.1 Å². The molecule has 0 saturated carbocycles. The summed E-state index contributed by atoms with van der Waals surface area (Å²) in [5, 5.41) is 0. The molecule has 22 heavy (non-hydrogen) atoms. The molecule has 0 N–H and O–H groups in total. The Balaban J connectivity index is 3.25. The molecule has 1 aromatic rings. The maximum absolute atomic E-state index is 12.3. The molecule has 0 aromatic heterocycles. The number of rotatable bonds is 7. The minimum Gasteiger partial charge on any atom is -0.462 e. The van der Waals surface area contributed by atoms with Gasteiger partial charge in [-0.2, -0.15) is 0 Å². The maximum Gasteiger partial charge on any atom is 0.339 e. The molecule has 1 aromatic carbocycles. The summed E-state index contributed by atoms with van der Waals surface area (Å²) < 4.78 is 10.4. The third-order valence-corrected chi connectivity index (χ3v) is 3.36. The number of benzene rings is 1. The van der Waals surface area contributed by atoms with Crippen molar-refractivity contribution >= 4 is 11.9 Å². The fraction of sp³-hybridized carbons (Fsp3) is 0.556. The molecule has 0 heterocycles. The molecule has 4 heteroatoms. The Morgan fingerprint density at radius 3 is 1.73 bits per heavy atom. The van der Waals surface area contributed by atoms with Crippen molar-refractivity contribution < 1.29 is 19.1 Å². The zero-order valence-electron chi connectivity index (χ0n) is 14.2. The highest BCUT2D eigenvalue weighted by Crippen LogP contribution is 2.21. The van der Waals surface area contributed by atoms with E-state index in [-0.39, 0.29) is 12.5 Å². The first kappa shape index (κ1) is 18.2. The standard InChI is InChI=1S/C18H26O4/c1-6-13-9-15(17(19)21-8-3)16(10-14(13)7-2)18(20)22-11-12(4)5/h9-10,12H,6-8,11H2,1-5H3. The van der Waals surface area contributed by atoms with E-state index in [2.05, 4.69) is 0 Å². The van der Waals surface area contributed by atoms with E-state index in [0.29, 0.717) is 17.7 Å². The third kappa shape index (κ3) is 4.58. The molecular weight excluding hydrogens is 280 g/mol. The molecule has 0 amide bonds. The minimum absolute atomic E-state index is 0.246. The van der Waals surface area contributed by atoms with Gasteiger partial charge in [0.2, 0.25) is 0 Å². The average molecular weight is 306 g/mol. The lowest BCUT2D eigenvalue weighted by Gasteiger charge is -2.14. The molecule has 0 bridgehead atoms. The molecule has 0 unspecified atom stereocenters. The molecule has 0 fully saturated rings. The SMILES string of the molecule is CCOC(=O)c1cc(CC)c(CC)cc1C(=O)OCC(C)C. The second-order valence-corrected chi connectivity index (χ2v) is 5.59. The highest BCUT2D eigenvalue weighted by Gasteiger charge is 2.22. The van der Waals surface area contributed by atoms with Crippen LogP contribution in [0.15, 0.2) is 12.1 Å². The Morgan fingerprint density at radius 2 is 1.36 bits per heavy atom. The molecule has 0 aliphatic heterocycles. The van der Waals surface area contributed by atoms with Crippen molar-refractivity contribution in [1.82, 2.24) is 0 Å². The Labute approximate surface area is 132 Å². The summed E-state index contributed by atoms with van der Waals surface area (Å²) >= 11 is 0. The van der Waals surface area contributed by atoms with Crippen molar-refractivity contribution in [3.8, 4) is 0 Å². The first-order valence-electron chi connectivity index (χ1n) is 7.94. The van der Waals surface area contributed by atoms with E-state index in [4.69, 9.17) is 9.47 Å². The van der Waals surface area contributed by atoms with Crippen molar-refractivity contribution in [2.45, 2.75) is 47.5 Å². The second-order valence-electron chi connectivity index (χ2n) is 5.59. The van der Waals surface area contributed by atoms with Gasteiger partial charge in [0.15, 0.2) is 0 Å². The van der Waals surface area contributed by atoms with Gasteiger partial charge in [-0.3, -0.25) is 0 Å². The lowest BCUT2D eigenvalue weighted by atomic mass is 9.95. The fourth-order valence-electron chi connectivity index (χ4n) is 2.21. The van der Waals surface area contributed by atoms with E-state index in [9.17, 15) is 9.59 Å². The van der Waals surface area contributed by atoms with Crippen LogP contribution in [0.25, 0.3) is 0 Å². The number of carbonyl (C=O) groups is 2. The fourth-order valence-corrected chi connectivity index (χ4v) is 2.21. The summed E-state index contributed by atoms with van der Waals surface area (Å²) in [4.78, 5) is 24.5. The summed E-state index contributed by atoms with van der Waals surface area (Å²) in [7, 11) is 0. The molecule has 0 saturated heterocycles. The van der Waals surface area contributed by atoms with Crippen LogP contribution in [0.2, 0.25) is 0 Å². The third-order valence-electron chi connectivity index (χ3n) is 3.36. The summed E-state index contributed by atoms with van der Waals surface area (Å²) in [6, 6.07) is 3.54. The minimum atomic E-state index is -0.476. The van der Waals surface area contributed by atoms with Crippen molar-refractivity contribution in [1.29, 1.82) is 0 Å². The number of aryl methyl sites for hydroxylation is 2. The van der Waals surface area contributed by atoms with E-state index in [0.717, 1.165) is 24.0 Å². The predicted molar refractivity (Wildman–Crippen MR) is 86.3 cm³/mol. The maximum atomic E-state index is 12.3. The van der Waals surface area contributed by atoms with Gasteiger partial charge in [0.1, 0.15) is 0 Å². The molecule has 0 spiro atoms. The van der Waals surface area contributed by atoms with Crippen LogP contribution in [0, 0.1) is 5.92 Å². The second kappa shape index (κ2) is 8.57. The van der Waals surface area contributed by atoms with Gasteiger partial charge in [-0.1, -0.05) is 27.7 Å². The van der Waals surface area contributed by atoms with Gasteiger partial charge < -0.3 is 9.47 Å². The van der Waals surface area contributed by atoms with Gasteiger partial charge in [0.05, 0.1) is 24.3 Å². The van der Waals surface area contributed by atoms with E-state index in [1.807, 2.05) is 27.7 Å². The first-order valence-corrected chi connectivity index (χ1v) is 7.94. The molecule has 0 aliphatic carbocycles. The number of carbonyl (C=O) groups excluding carboxylic acids is 2. The van der Waals surface area contributed by atoms with E-state index in [1.165, 1.54) is 0 Å². The number of hydrogen-bond acceptors (Lipinski definition) is 4. The molecule has 122 valence electrons. The largest absolute Gasteiger partial charge is 0.462 e. The van der Waals surface area contributed by atoms with Gasteiger partial charge in [0, 0.05) is 0 Å². The van der Waals surface area contributed by atoms with Crippen LogP contribution in [0.4, 0.5) is 0 Å². The summed E-state index contributed by atoms with van der Waals surface area (Å²) in [6.45, 7) is 10.3.